The molecule has 0 bridgehead atoms. The van der Waals surface area contributed by atoms with Gasteiger partial charge in [0, 0.05) is 33.0 Å². The number of carbonyl (C=O) groups is 1. The summed E-state index contributed by atoms with van der Waals surface area (Å²) in [6, 6.07) is -0.310. The van der Waals surface area contributed by atoms with Crippen LogP contribution in [0.4, 0.5) is 26.7 Å². The molecule has 1 saturated heterocycles. The van der Waals surface area contributed by atoms with Crippen molar-refractivity contribution in [3.05, 3.63) is 29.1 Å². The van der Waals surface area contributed by atoms with Crippen LogP contribution in [0.3, 0.4) is 0 Å². The molecule has 1 aliphatic heterocycles. The molecule has 0 unspecified atom stereocenters. The summed E-state index contributed by atoms with van der Waals surface area (Å²) in [6.45, 7) is 0.499. The number of hydrogen-bond acceptors (Lipinski definition) is 2. The lowest BCUT2D eigenvalue weighted by molar-refractivity contribution is 0.102. The van der Waals surface area contributed by atoms with Crippen LogP contribution >= 0.6 is 0 Å². The number of hydrogen-bond donors (Lipinski definition) is 1. The number of urea groups is 1. The zero-order valence-electron chi connectivity index (χ0n) is 11.6. The summed E-state index contributed by atoms with van der Waals surface area (Å²) in [5.41, 5.74) is 0. The molecule has 1 aliphatic rings. The van der Waals surface area contributed by atoms with Gasteiger partial charge in [0.1, 0.15) is 6.10 Å². The van der Waals surface area contributed by atoms with Crippen molar-refractivity contribution in [3.8, 4) is 5.75 Å². The van der Waals surface area contributed by atoms with Crippen LogP contribution in [0, 0.1) is 29.1 Å². The Hall–Kier alpha value is -2.06. The first kappa shape index (κ1) is 16.3. The smallest absolute Gasteiger partial charge is 0.317 e. The predicted molar refractivity (Wildman–Crippen MR) is 65.9 cm³/mol. The lowest BCUT2D eigenvalue weighted by atomic mass is 10.1. The van der Waals surface area contributed by atoms with Gasteiger partial charge in [-0.2, -0.15) is 8.78 Å². The van der Waals surface area contributed by atoms with Crippen molar-refractivity contribution in [2.45, 2.75) is 18.9 Å². The third-order valence-corrected chi connectivity index (χ3v) is 3.40. The maximum atomic E-state index is 13.5. The van der Waals surface area contributed by atoms with Crippen molar-refractivity contribution in [1.29, 1.82) is 0 Å². The molecule has 0 aliphatic carbocycles. The summed E-state index contributed by atoms with van der Waals surface area (Å²) in [4.78, 5) is 12.8. The highest BCUT2D eigenvalue weighted by Gasteiger charge is 2.30. The highest BCUT2D eigenvalue weighted by atomic mass is 19.2. The fourth-order valence-electron chi connectivity index (χ4n) is 2.19. The maximum Gasteiger partial charge on any atom is 0.317 e. The Bertz CT molecular complexity index is 559. The average Bonchev–Trinajstić information content (AvgIpc) is 2.55. The lowest BCUT2D eigenvalue weighted by Crippen LogP contribution is -2.45. The number of nitrogens with one attached hydrogen (secondary N) is 1. The van der Waals surface area contributed by atoms with Crippen LogP contribution in [0.25, 0.3) is 0 Å². The van der Waals surface area contributed by atoms with E-state index in [1.807, 2.05) is 0 Å². The summed E-state index contributed by atoms with van der Waals surface area (Å²) >= 11 is 0. The highest BCUT2D eigenvalue weighted by Crippen LogP contribution is 2.31. The molecule has 9 heteroatoms. The number of halogens is 5. The molecule has 2 rings (SSSR count). The Labute approximate surface area is 122 Å². The second-order valence-corrected chi connectivity index (χ2v) is 4.76. The number of rotatable bonds is 2. The summed E-state index contributed by atoms with van der Waals surface area (Å²) in [5, 5.41) is 2.42. The minimum Gasteiger partial charge on any atom is -0.484 e. The topological polar surface area (TPSA) is 41.6 Å². The van der Waals surface area contributed by atoms with Gasteiger partial charge in [0.15, 0.2) is 5.75 Å². The Morgan fingerprint density at radius 2 is 1.45 bits per heavy atom. The summed E-state index contributed by atoms with van der Waals surface area (Å²) in [7, 11) is 1.46. The zero-order chi connectivity index (χ0) is 16.4. The van der Waals surface area contributed by atoms with Crippen molar-refractivity contribution in [2.24, 2.45) is 0 Å². The van der Waals surface area contributed by atoms with Crippen molar-refractivity contribution in [1.82, 2.24) is 10.2 Å². The van der Waals surface area contributed by atoms with Gasteiger partial charge in [-0.05, 0) is 0 Å². The third kappa shape index (κ3) is 2.93. The predicted octanol–water partition coefficient (Wildman–Crippen LogP) is 2.56. The quantitative estimate of drug-likeness (QED) is 0.516. The van der Waals surface area contributed by atoms with Crippen LogP contribution in [0.15, 0.2) is 0 Å². The van der Waals surface area contributed by atoms with E-state index in [1.165, 1.54) is 11.9 Å². The minimum absolute atomic E-state index is 0.215. The Balaban J connectivity index is 2.12. The first-order chi connectivity index (χ1) is 10.4. The molecule has 22 heavy (non-hydrogen) atoms. The fraction of sp³-hybridized carbons (Fsp3) is 0.462. The van der Waals surface area contributed by atoms with Crippen molar-refractivity contribution in [3.63, 3.8) is 0 Å². The van der Waals surface area contributed by atoms with Gasteiger partial charge in [-0.15, -0.1) is 0 Å². The van der Waals surface area contributed by atoms with Gasteiger partial charge < -0.3 is 15.0 Å². The number of nitrogens with zero attached hydrogens (tertiary/aromatic N) is 1. The van der Waals surface area contributed by atoms with Crippen molar-refractivity contribution in [2.75, 3.05) is 20.1 Å². The molecular formula is C13H13F5N2O2. The molecule has 122 valence electrons. The second kappa shape index (κ2) is 6.37. The van der Waals surface area contributed by atoms with E-state index in [0.717, 1.165) is 0 Å². The van der Waals surface area contributed by atoms with Crippen LogP contribution in [0.2, 0.25) is 0 Å². The van der Waals surface area contributed by atoms with Crippen LogP contribution in [0.5, 0.6) is 5.75 Å². The Morgan fingerprint density at radius 3 is 1.91 bits per heavy atom. The Morgan fingerprint density at radius 1 is 1.00 bits per heavy atom. The Kier molecular flexibility index (Phi) is 4.72. The molecule has 0 radical (unpaired) electrons. The number of benzene rings is 1. The largest absolute Gasteiger partial charge is 0.484 e. The molecule has 1 N–H and O–H groups in total. The van der Waals surface area contributed by atoms with Gasteiger partial charge in [-0.3, -0.25) is 0 Å². The number of ether oxygens (including phenoxy) is 1. The summed E-state index contributed by atoms with van der Waals surface area (Å²) in [6.07, 6.45) is -0.311. The average molecular weight is 324 g/mol. The van der Waals surface area contributed by atoms with Gasteiger partial charge in [0.25, 0.3) is 0 Å². The first-order valence-electron chi connectivity index (χ1n) is 6.51. The minimum atomic E-state index is -2.23. The SMILES string of the molecule is CNC(=O)N1CCC(Oc2c(F)c(F)c(F)c(F)c2F)CC1. The number of likely N-dealkylation sites (tertiary alicyclic amines) is 1. The van der Waals surface area contributed by atoms with Crippen LogP contribution < -0.4 is 10.1 Å². The van der Waals surface area contributed by atoms with Gasteiger partial charge >= 0.3 is 6.03 Å². The van der Waals surface area contributed by atoms with Gasteiger partial charge in [0.2, 0.25) is 29.1 Å². The molecule has 1 aromatic rings. The van der Waals surface area contributed by atoms with Crippen molar-refractivity contribution >= 4 is 6.03 Å². The molecule has 4 nitrogen and oxygen atoms in total. The van der Waals surface area contributed by atoms with E-state index >= 15 is 0 Å². The normalized spacial score (nSPS) is 15.8. The highest BCUT2D eigenvalue weighted by molar-refractivity contribution is 5.73. The van der Waals surface area contributed by atoms with E-state index in [2.05, 4.69) is 5.32 Å². The van der Waals surface area contributed by atoms with Crippen LogP contribution in [-0.2, 0) is 0 Å². The molecule has 1 aromatic carbocycles. The standard InChI is InChI=1S/C13H13F5N2O2/c1-19-13(21)20-4-2-6(3-5-20)22-12-10(17)8(15)7(14)9(16)11(12)18/h6H,2-5H2,1H3,(H,19,21). The van der Waals surface area contributed by atoms with E-state index in [4.69, 9.17) is 4.74 Å². The number of piperidine rings is 1. The van der Waals surface area contributed by atoms with Crippen LogP contribution in [0.1, 0.15) is 12.8 Å². The first-order valence-corrected chi connectivity index (χ1v) is 6.51. The molecule has 1 fully saturated rings. The summed E-state index contributed by atoms with van der Waals surface area (Å²) in [5.74, 6) is -11.6. The van der Waals surface area contributed by atoms with E-state index in [-0.39, 0.29) is 32.0 Å². The molecule has 0 aromatic heterocycles. The fourth-order valence-corrected chi connectivity index (χ4v) is 2.19. The molecular weight excluding hydrogens is 311 g/mol. The number of carbonyl (C=O) groups excluding carboxylic acids is 1. The number of amides is 2. The molecule has 0 saturated carbocycles. The third-order valence-electron chi connectivity index (χ3n) is 3.40. The van der Waals surface area contributed by atoms with E-state index in [0.29, 0.717) is 0 Å². The second-order valence-electron chi connectivity index (χ2n) is 4.76. The molecule has 0 spiro atoms. The lowest BCUT2D eigenvalue weighted by Gasteiger charge is -2.31. The van der Waals surface area contributed by atoms with Gasteiger partial charge in [0.05, 0.1) is 0 Å². The van der Waals surface area contributed by atoms with Crippen molar-refractivity contribution < 1.29 is 31.5 Å². The molecule has 2 amide bonds. The monoisotopic (exact) mass is 324 g/mol. The van der Waals surface area contributed by atoms with E-state index < -0.39 is 40.9 Å². The van der Waals surface area contributed by atoms with E-state index in [1.54, 1.807) is 0 Å². The maximum absolute atomic E-state index is 13.5. The van der Waals surface area contributed by atoms with E-state index in [9.17, 15) is 26.7 Å². The molecule has 1 heterocycles. The summed E-state index contributed by atoms with van der Waals surface area (Å²) < 4.78 is 71.0. The zero-order valence-corrected chi connectivity index (χ0v) is 11.6. The van der Waals surface area contributed by atoms with Gasteiger partial charge in [-0.1, -0.05) is 0 Å². The molecule has 0 atom stereocenters. The van der Waals surface area contributed by atoms with Gasteiger partial charge in [-0.25, -0.2) is 18.0 Å². The van der Waals surface area contributed by atoms with Crippen LogP contribution in [-0.4, -0.2) is 37.2 Å².